The summed E-state index contributed by atoms with van der Waals surface area (Å²) in [5.74, 6) is 1.86. The fourth-order valence-electron chi connectivity index (χ4n) is 6.68. The normalized spacial score (nSPS) is 11.4. The van der Waals surface area contributed by atoms with Crippen LogP contribution in [0.4, 0.5) is 0 Å². The van der Waals surface area contributed by atoms with Crippen molar-refractivity contribution in [3.8, 4) is 51.0 Å². The third-order valence-electron chi connectivity index (χ3n) is 8.88. The molecule has 0 atom stereocenters. The molecule has 0 bridgehead atoms. The summed E-state index contributed by atoms with van der Waals surface area (Å²) in [6.45, 7) is 0. The summed E-state index contributed by atoms with van der Waals surface area (Å²) < 4.78 is 2.16. The minimum Gasteiger partial charge on any atom is -0.278 e. The molecule has 47 heavy (non-hydrogen) atoms. The Morgan fingerprint density at radius 3 is 1.51 bits per heavy atom. The fourth-order valence-corrected chi connectivity index (χ4v) is 6.68. The second kappa shape index (κ2) is 11.2. The first-order chi connectivity index (χ1) is 23.3. The highest BCUT2D eigenvalue weighted by Gasteiger charge is 2.19. The van der Waals surface area contributed by atoms with Crippen LogP contribution in [-0.4, -0.2) is 19.5 Å². The van der Waals surface area contributed by atoms with Gasteiger partial charge in [-0.15, -0.1) is 0 Å². The lowest BCUT2D eigenvalue weighted by Gasteiger charge is -2.14. The Kier molecular flexibility index (Phi) is 6.43. The molecule has 0 N–H and O–H groups in total. The molecule has 0 unspecified atom stereocenters. The van der Waals surface area contributed by atoms with Crippen LogP contribution in [0.3, 0.4) is 0 Å². The zero-order valence-corrected chi connectivity index (χ0v) is 25.5. The van der Waals surface area contributed by atoms with E-state index >= 15 is 0 Å². The molecule has 7 aromatic carbocycles. The number of fused-ring (bicyclic) bond motifs is 4. The van der Waals surface area contributed by atoms with Crippen molar-refractivity contribution in [3.63, 3.8) is 0 Å². The topological polar surface area (TPSA) is 43.6 Å². The molecule has 0 saturated carbocycles. The lowest BCUT2D eigenvalue weighted by molar-refractivity contribution is 0.954. The van der Waals surface area contributed by atoms with E-state index in [1.165, 1.54) is 11.1 Å². The quantitative estimate of drug-likeness (QED) is 0.197. The second-order valence-electron chi connectivity index (χ2n) is 11.7. The molecule has 0 saturated heterocycles. The van der Waals surface area contributed by atoms with Crippen LogP contribution in [0.25, 0.3) is 83.6 Å². The lowest BCUT2D eigenvalue weighted by Crippen LogP contribution is -2.06. The van der Waals surface area contributed by atoms with Crippen molar-refractivity contribution in [2.75, 3.05) is 0 Å². The molecular formula is C43H28N4. The Labute approximate surface area is 272 Å². The average molecular weight is 601 g/mol. The van der Waals surface area contributed by atoms with Gasteiger partial charge in [0.15, 0.2) is 11.6 Å². The smallest absolute Gasteiger partial charge is 0.238 e. The fraction of sp³-hybridized carbons (Fsp3) is 0. The summed E-state index contributed by atoms with van der Waals surface area (Å²) >= 11 is 0. The van der Waals surface area contributed by atoms with E-state index in [1.807, 2.05) is 24.3 Å². The van der Waals surface area contributed by atoms with Gasteiger partial charge in [-0.05, 0) is 39.8 Å². The van der Waals surface area contributed by atoms with Crippen molar-refractivity contribution in [2.24, 2.45) is 0 Å². The summed E-state index contributed by atoms with van der Waals surface area (Å²) in [6.07, 6.45) is 0. The van der Waals surface area contributed by atoms with E-state index in [1.54, 1.807) is 0 Å². The van der Waals surface area contributed by atoms with Gasteiger partial charge < -0.3 is 0 Å². The van der Waals surface area contributed by atoms with Crippen LogP contribution in [0.1, 0.15) is 0 Å². The molecule has 0 radical (unpaired) electrons. The van der Waals surface area contributed by atoms with Crippen LogP contribution >= 0.6 is 0 Å². The van der Waals surface area contributed by atoms with Crippen molar-refractivity contribution in [1.82, 2.24) is 19.5 Å². The van der Waals surface area contributed by atoms with E-state index in [0.29, 0.717) is 17.6 Å². The van der Waals surface area contributed by atoms with Crippen LogP contribution in [0.15, 0.2) is 170 Å². The summed E-state index contributed by atoms with van der Waals surface area (Å²) in [4.78, 5) is 15.5. The number of para-hydroxylation sites is 2. The van der Waals surface area contributed by atoms with Gasteiger partial charge in [-0.2, -0.15) is 9.97 Å². The lowest BCUT2D eigenvalue weighted by atomic mass is 9.93. The highest BCUT2D eigenvalue weighted by atomic mass is 15.2. The molecule has 0 aliphatic rings. The summed E-state index contributed by atoms with van der Waals surface area (Å²) in [6, 6.07) is 59.2. The van der Waals surface area contributed by atoms with Crippen molar-refractivity contribution >= 4 is 32.6 Å². The van der Waals surface area contributed by atoms with Gasteiger partial charge in [0.1, 0.15) is 0 Å². The van der Waals surface area contributed by atoms with Crippen LogP contribution in [0, 0.1) is 0 Å². The Morgan fingerprint density at radius 1 is 0.340 bits per heavy atom. The third-order valence-corrected chi connectivity index (χ3v) is 8.88. The minimum atomic E-state index is 0.591. The van der Waals surface area contributed by atoms with E-state index in [0.717, 1.165) is 54.8 Å². The van der Waals surface area contributed by atoms with Gasteiger partial charge in [-0.1, -0.05) is 158 Å². The van der Waals surface area contributed by atoms with Crippen LogP contribution < -0.4 is 0 Å². The molecular weight excluding hydrogens is 573 g/mol. The van der Waals surface area contributed by atoms with Crippen molar-refractivity contribution in [1.29, 1.82) is 0 Å². The standard InChI is InChI=1S/C43H28N4/c1-3-13-29(14-4-1)30-25-27-31(28-26-30)34-21-11-17-32-18-12-22-37(40(32)34)42-44-41(33-15-5-2-6-16-33)45-43(46-42)47-38-23-9-7-19-35(38)36-20-8-10-24-39(36)47/h1-28H. The summed E-state index contributed by atoms with van der Waals surface area (Å²) in [5.41, 5.74) is 8.69. The first kappa shape index (κ1) is 27.0. The molecule has 0 fully saturated rings. The Morgan fingerprint density at radius 2 is 0.851 bits per heavy atom. The predicted molar refractivity (Wildman–Crippen MR) is 193 cm³/mol. The Hall–Kier alpha value is -6.39. The van der Waals surface area contributed by atoms with E-state index in [-0.39, 0.29) is 0 Å². The minimum absolute atomic E-state index is 0.591. The first-order valence-corrected chi connectivity index (χ1v) is 15.8. The van der Waals surface area contributed by atoms with E-state index < -0.39 is 0 Å². The number of benzene rings is 7. The Balaban J connectivity index is 1.29. The molecule has 0 aliphatic carbocycles. The molecule has 9 aromatic rings. The SMILES string of the molecule is c1ccc(-c2ccc(-c3cccc4cccc(-c5nc(-c6ccccc6)nc(-n6c7ccccc7c7ccccc76)n5)c34)cc2)cc1. The Bertz CT molecular complexity index is 2490. The average Bonchev–Trinajstić information content (AvgIpc) is 3.49. The van der Waals surface area contributed by atoms with Gasteiger partial charge in [0.25, 0.3) is 0 Å². The largest absolute Gasteiger partial charge is 0.278 e. The van der Waals surface area contributed by atoms with E-state index in [9.17, 15) is 0 Å². The molecule has 0 aliphatic heterocycles. The van der Waals surface area contributed by atoms with Crippen molar-refractivity contribution in [2.45, 2.75) is 0 Å². The van der Waals surface area contributed by atoms with Crippen LogP contribution in [0.2, 0.25) is 0 Å². The predicted octanol–water partition coefficient (Wildman–Crippen LogP) is 10.8. The molecule has 0 amide bonds. The molecule has 4 nitrogen and oxygen atoms in total. The molecule has 220 valence electrons. The number of hydrogen-bond donors (Lipinski definition) is 0. The molecule has 2 aromatic heterocycles. The highest BCUT2D eigenvalue weighted by Crippen LogP contribution is 2.38. The number of hydrogen-bond acceptors (Lipinski definition) is 3. The van der Waals surface area contributed by atoms with Gasteiger partial charge in [0.05, 0.1) is 11.0 Å². The molecule has 2 heterocycles. The summed E-state index contributed by atoms with van der Waals surface area (Å²) in [5, 5.41) is 4.57. The monoisotopic (exact) mass is 600 g/mol. The van der Waals surface area contributed by atoms with Gasteiger partial charge in [0, 0.05) is 27.3 Å². The molecule has 0 spiro atoms. The van der Waals surface area contributed by atoms with Crippen LogP contribution in [0.5, 0.6) is 0 Å². The maximum Gasteiger partial charge on any atom is 0.238 e. The van der Waals surface area contributed by atoms with Gasteiger partial charge in [-0.25, -0.2) is 4.98 Å². The van der Waals surface area contributed by atoms with E-state index in [2.05, 4.69) is 150 Å². The van der Waals surface area contributed by atoms with Gasteiger partial charge in [0.2, 0.25) is 5.95 Å². The van der Waals surface area contributed by atoms with E-state index in [4.69, 9.17) is 15.0 Å². The maximum atomic E-state index is 5.25. The highest BCUT2D eigenvalue weighted by molar-refractivity contribution is 6.09. The van der Waals surface area contributed by atoms with Crippen molar-refractivity contribution < 1.29 is 0 Å². The second-order valence-corrected chi connectivity index (χ2v) is 11.7. The zero-order valence-electron chi connectivity index (χ0n) is 25.5. The summed E-state index contributed by atoms with van der Waals surface area (Å²) in [7, 11) is 0. The maximum absolute atomic E-state index is 5.25. The first-order valence-electron chi connectivity index (χ1n) is 15.8. The number of rotatable bonds is 5. The number of nitrogens with zero attached hydrogens (tertiary/aromatic N) is 4. The van der Waals surface area contributed by atoms with Crippen molar-refractivity contribution in [3.05, 3.63) is 170 Å². The molecule has 4 heteroatoms. The number of aromatic nitrogens is 4. The third kappa shape index (κ3) is 4.66. The molecule has 9 rings (SSSR count). The van der Waals surface area contributed by atoms with Gasteiger partial charge >= 0.3 is 0 Å². The zero-order chi connectivity index (χ0) is 31.2. The van der Waals surface area contributed by atoms with Gasteiger partial charge in [-0.3, -0.25) is 4.57 Å². The van der Waals surface area contributed by atoms with Crippen LogP contribution in [-0.2, 0) is 0 Å².